The SMILES string of the molecule is COc1ccc(OC)c(NC(=O)c2ccnc(NCC(C)C)n2)c1. The largest absolute Gasteiger partial charge is 0.497 e. The van der Waals surface area contributed by atoms with Crippen LogP contribution in [0.25, 0.3) is 0 Å². The number of aromatic nitrogens is 2. The van der Waals surface area contributed by atoms with E-state index in [9.17, 15) is 4.79 Å². The highest BCUT2D eigenvalue weighted by atomic mass is 16.5. The number of anilines is 2. The number of nitrogens with zero attached hydrogens (tertiary/aromatic N) is 2. The maximum atomic E-state index is 12.4. The molecular formula is C17H22N4O3. The minimum absolute atomic E-state index is 0.265. The number of hydrogen-bond donors (Lipinski definition) is 2. The van der Waals surface area contributed by atoms with Gasteiger partial charge in [0.25, 0.3) is 5.91 Å². The van der Waals surface area contributed by atoms with Crippen molar-refractivity contribution < 1.29 is 14.3 Å². The van der Waals surface area contributed by atoms with Crippen molar-refractivity contribution in [3.63, 3.8) is 0 Å². The summed E-state index contributed by atoms with van der Waals surface area (Å²) in [6.07, 6.45) is 1.55. The quantitative estimate of drug-likeness (QED) is 0.812. The molecule has 1 amide bonds. The molecule has 0 bridgehead atoms. The first-order valence-electron chi connectivity index (χ1n) is 7.63. The molecule has 0 radical (unpaired) electrons. The van der Waals surface area contributed by atoms with Crippen LogP contribution in [0.5, 0.6) is 11.5 Å². The Kier molecular flexibility index (Phi) is 5.95. The third kappa shape index (κ3) is 4.58. The number of ether oxygens (including phenoxy) is 2. The number of amides is 1. The van der Waals surface area contributed by atoms with Crippen LogP contribution in [0.2, 0.25) is 0 Å². The zero-order valence-electron chi connectivity index (χ0n) is 14.3. The molecule has 24 heavy (non-hydrogen) atoms. The Balaban J connectivity index is 2.16. The highest BCUT2D eigenvalue weighted by Gasteiger charge is 2.13. The molecule has 0 atom stereocenters. The van der Waals surface area contributed by atoms with Gasteiger partial charge in [0.2, 0.25) is 5.95 Å². The molecule has 0 aliphatic rings. The van der Waals surface area contributed by atoms with Crippen molar-refractivity contribution in [2.75, 3.05) is 31.4 Å². The van der Waals surface area contributed by atoms with E-state index < -0.39 is 0 Å². The first-order chi connectivity index (χ1) is 11.5. The van der Waals surface area contributed by atoms with Gasteiger partial charge in [-0.1, -0.05) is 13.8 Å². The number of benzene rings is 1. The van der Waals surface area contributed by atoms with Crippen LogP contribution in [-0.2, 0) is 0 Å². The molecule has 1 aromatic carbocycles. The van der Waals surface area contributed by atoms with Gasteiger partial charge in [-0.2, -0.15) is 0 Å². The van der Waals surface area contributed by atoms with Gasteiger partial charge in [-0.3, -0.25) is 4.79 Å². The normalized spacial score (nSPS) is 10.4. The van der Waals surface area contributed by atoms with Crippen LogP contribution in [0.4, 0.5) is 11.6 Å². The molecule has 0 spiro atoms. The Morgan fingerprint density at radius 2 is 2.00 bits per heavy atom. The zero-order chi connectivity index (χ0) is 17.5. The topological polar surface area (TPSA) is 85.4 Å². The molecule has 0 fully saturated rings. The van der Waals surface area contributed by atoms with E-state index in [1.54, 1.807) is 37.6 Å². The predicted octanol–water partition coefficient (Wildman–Crippen LogP) is 2.81. The first-order valence-corrected chi connectivity index (χ1v) is 7.63. The molecule has 128 valence electrons. The fraction of sp³-hybridized carbons (Fsp3) is 0.353. The van der Waals surface area contributed by atoms with E-state index >= 15 is 0 Å². The average molecular weight is 330 g/mol. The monoisotopic (exact) mass is 330 g/mol. The molecule has 0 saturated heterocycles. The Morgan fingerprint density at radius 3 is 2.67 bits per heavy atom. The van der Waals surface area contributed by atoms with E-state index in [4.69, 9.17) is 9.47 Å². The Morgan fingerprint density at radius 1 is 1.21 bits per heavy atom. The Hall–Kier alpha value is -2.83. The summed E-state index contributed by atoms with van der Waals surface area (Å²) < 4.78 is 10.4. The summed E-state index contributed by atoms with van der Waals surface area (Å²) in [6, 6.07) is 6.73. The van der Waals surface area contributed by atoms with Crippen LogP contribution in [0.15, 0.2) is 30.5 Å². The second-order valence-electron chi connectivity index (χ2n) is 5.56. The smallest absolute Gasteiger partial charge is 0.274 e. The number of nitrogens with one attached hydrogen (secondary N) is 2. The van der Waals surface area contributed by atoms with Crippen LogP contribution in [-0.4, -0.2) is 36.6 Å². The molecule has 2 rings (SSSR count). The molecular weight excluding hydrogens is 308 g/mol. The van der Waals surface area contributed by atoms with Crippen molar-refractivity contribution in [1.82, 2.24) is 9.97 Å². The molecule has 1 aromatic heterocycles. The van der Waals surface area contributed by atoms with Crippen LogP contribution in [0.1, 0.15) is 24.3 Å². The zero-order valence-corrected chi connectivity index (χ0v) is 14.3. The fourth-order valence-corrected chi connectivity index (χ4v) is 1.96. The summed E-state index contributed by atoms with van der Waals surface area (Å²) in [7, 11) is 3.10. The summed E-state index contributed by atoms with van der Waals surface area (Å²) in [5, 5.41) is 5.88. The number of hydrogen-bond acceptors (Lipinski definition) is 6. The van der Waals surface area contributed by atoms with E-state index in [2.05, 4.69) is 34.4 Å². The molecule has 2 aromatic rings. The number of carbonyl (C=O) groups excluding carboxylic acids is 1. The molecule has 0 saturated carbocycles. The average Bonchev–Trinajstić information content (AvgIpc) is 2.60. The highest BCUT2D eigenvalue weighted by molar-refractivity contribution is 6.03. The lowest BCUT2D eigenvalue weighted by molar-refractivity contribution is 0.102. The summed E-state index contributed by atoms with van der Waals surface area (Å²) in [5.41, 5.74) is 0.776. The Labute approximate surface area is 141 Å². The number of methoxy groups -OCH3 is 2. The van der Waals surface area contributed by atoms with E-state index in [0.29, 0.717) is 29.1 Å². The molecule has 2 N–H and O–H groups in total. The maximum absolute atomic E-state index is 12.4. The third-order valence-corrected chi connectivity index (χ3v) is 3.21. The fourth-order valence-electron chi connectivity index (χ4n) is 1.96. The molecule has 1 heterocycles. The van der Waals surface area contributed by atoms with Crippen LogP contribution in [0.3, 0.4) is 0 Å². The van der Waals surface area contributed by atoms with Crippen LogP contribution in [0, 0.1) is 5.92 Å². The third-order valence-electron chi connectivity index (χ3n) is 3.21. The van der Waals surface area contributed by atoms with Crippen molar-refractivity contribution >= 4 is 17.5 Å². The summed E-state index contributed by atoms with van der Waals surface area (Å²) >= 11 is 0. The summed E-state index contributed by atoms with van der Waals surface area (Å²) in [4.78, 5) is 20.8. The molecule has 0 aliphatic heterocycles. The standard InChI is InChI=1S/C17H22N4O3/c1-11(2)10-19-17-18-8-7-13(21-17)16(22)20-14-9-12(23-3)5-6-15(14)24-4/h5-9,11H,10H2,1-4H3,(H,20,22)(H,18,19,21). The maximum Gasteiger partial charge on any atom is 0.274 e. The van der Waals surface area contributed by atoms with Gasteiger partial charge in [-0.05, 0) is 24.1 Å². The second kappa shape index (κ2) is 8.14. The van der Waals surface area contributed by atoms with Gasteiger partial charge < -0.3 is 20.1 Å². The van der Waals surface area contributed by atoms with Crippen molar-refractivity contribution in [3.8, 4) is 11.5 Å². The predicted molar refractivity (Wildman–Crippen MR) is 92.9 cm³/mol. The molecule has 7 nitrogen and oxygen atoms in total. The van der Waals surface area contributed by atoms with Crippen molar-refractivity contribution in [2.24, 2.45) is 5.92 Å². The van der Waals surface area contributed by atoms with Crippen molar-refractivity contribution in [3.05, 3.63) is 36.2 Å². The highest BCUT2D eigenvalue weighted by Crippen LogP contribution is 2.29. The van der Waals surface area contributed by atoms with Crippen molar-refractivity contribution in [2.45, 2.75) is 13.8 Å². The molecule has 7 heteroatoms. The minimum Gasteiger partial charge on any atom is -0.497 e. The number of rotatable bonds is 7. The van der Waals surface area contributed by atoms with E-state index in [0.717, 1.165) is 6.54 Å². The summed E-state index contributed by atoms with van der Waals surface area (Å²) in [5.74, 6) is 1.68. The Bertz CT molecular complexity index is 704. The van der Waals surface area contributed by atoms with E-state index in [1.807, 2.05) is 0 Å². The van der Waals surface area contributed by atoms with Gasteiger partial charge in [-0.25, -0.2) is 9.97 Å². The second-order valence-corrected chi connectivity index (χ2v) is 5.56. The first kappa shape index (κ1) is 17.5. The van der Waals surface area contributed by atoms with E-state index in [1.165, 1.54) is 7.11 Å². The molecule has 0 aliphatic carbocycles. The lowest BCUT2D eigenvalue weighted by Crippen LogP contribution is -2.17. The van der Waals surface area contributed by atoms with Gasteiger partial charge in [0.15, 0.2) is 0 Å². The summed E-state index contributed by atoms with van der Waals surface area (Å²) in [6.45, 7) is 4.89. The number of carbonyl (C=O) groups is 1. The lowest BCUT2D eigenvalue weighted by atomic mass is 10.2. The minimum atomic E-state index is -0.350. The molecule has 0 unspecified atom stereocenters. The van der Waals surface area contributed by atoms with E-state index in [-0.39, 0.29) is 11.6 Å². The van der Waals surface area contributed by atoms with Gasteiger partial charge >= 0.3 is 0 Å². The lowest BCUT2D eigenvalue weighted by Gasteiger charge is -2.12. The van der Waals surface area contributed by atoms with Gasteiger partial charge in [0.05, 0.1) is 19.9 Å². The van der Waals surface area contributed by atoms with Crippen LogP contribution >= 0.6 is 0 Å². The van der Waals surface area contributed by atoms with Gasteiger partial charge in [0.1, 0.15) is 17.2 Å². The van der Waals surface area contributed by atoms with Crippen LogP contribution < -0.4 is 20.1 Å². The van der Waals surface area contributed by atoms with Gasteiger partial charge in [0, 0.05) is 18.8 Å². The van der Waals surface area contributed by atoms with Gasteiger partial charge in [-0.15, -0.1) is 0 Å². The van der Waals surface area contributed by atoms with Crippen molar-refractivity contribution in [1.29, 1.82) is 0 Å².